The molecule has 3 N–H and O–H groups in total. The van der Waals surface area contributed by atoms with Crippen molar-refractivity contribution in [2.24, 2.45) is 0 Å². The predicted octanol–water partition coefficient (Wildman–Crippen LogP) is 2.81. The molecule has 1 unspecified atom stereocenters. The molecule has 0 radical (unpaired) electrons. The third-order valence-electron chi connectivity index (χ3n) is 2.45. The molecule has 18 heavy (non-hydrogen) atoms. The largest absolute Gasteiger partial charge is 0.399 e. The van der Waals surface area contributed by atoms with Crippen LogP contribution in [0.1, 0.15) is 18.5 Å². The maximum Gasteiger partial charge on any atom is 0.345 e. The second-order valence-corrected chi connectivity index (χ2v) is 4.80. The van der Waals surface area contributed by atoms with Gasteiger partial charge in [0.1, 0.15) is 6.20 Å². The Hall–Kier alpha value is -2.15. The number of nitrogens with two attached hydrogens (primary N) is 1. The van der Waals surface area contributed by atoms with Gasteiger partial charge in [-0.05, 0) is 36.0 Å². The smallest absolute Gasteiger partial charge is 0.345 e. The maximum atomic E-state index is 10.5. The number of nitrogen functional groups attached to an aromatic ring is 1. The Morgan fingerprint density at radius 3 is 2.67 bits per heavy atom. The fourth-order valence-electron chi connectivity index (χ4n) is 1.47. The molecule has 1 aromatic carbocycles. The average molecular weight is 264 g/mol. The second kappa shape index (κ2) is 5.01. The predicted molar refractivity (Wildman–Crippen MR) is 71.7 cm³/mol. The number of nitrogens with zero attached hydrogens (tertiary/aromatic N) is 2. The highest BCUT2D eigenvalue weighted by Crippen LogP contribution is 2.28. The number of nitrogens with one attached hydrogen (secondary N) is 1. The SMILES string of the molecule is CC(Nc1ncc([N+](=O)[O-])s1)c1ccc(N)cc1. The molecule has 0 spiro atoms. The van der Waals surface area contributed by atoms with E-state index in [0.29, 0.717) is 10.8 Å². The molecule has 0 aliphatic carbocycles. The minimum absolute atomic E-state index is 0.0105. The van der Waals surface area contributed by atoms with E-state index in [1.165, 1.54) is 6.20 Å². The molecule has 0 aliphatic heterocycles. The zero-order valence-corrected chi connectivity index (χ0v) is 10.5. The van der Waals surface area contributed by atoms with Crippen LogP contribution in [-0.2, 0) is 0 Å². The van der Waals surface area contributed by atoms with Gasteiger partial charge in [-0.2, -0.15) is 0 Å². The molecule has 0 saturated carbocycles. The number of hydrogen-bond donors (Lipinski definition) is 2. The van der Waals surface area contributed by atoms with Gasteiger partial charge in [0.05, 0.1) is 11.0 Å². The summed E-state index contributed by atoms with van der Waals surface area (Å²) < 4.78 is 0. The van der Waals surface area contributed by atoms with Crippen LogP contribution < -0.4 is 11.1 Å². The van der Waals surface area contributed by atoms with Crippen LogP contribution in [-0.4, -0.2) is 9.91 Å². The summed E-state index contributed by atoms with van der Waals surface area (Å²) in [7, 11) is 0. The van der Waals surface area contributed by atoms with Crippen molar-refractivity contribution in [1.29, 1.82) is 0 Å². The Bertz CT molecular complexity index is 552. The zero-order valence-electron chi connectivity index (χ0n) is 9.66. The summed E-state index contributed by atoms with van der Waals surface area (Å²) in [6, 6.07) is 7.47. The van der Waals surface area contributed by atoms with Gasteiger partial charge < -0.3 is 11.1 Å². The highest BCUT2D eigenvalue weighted by Gasteiger charge is 2.13. The number of benzene rings is 1. The van der Waals surface area contributed by atoms with E-state index < -0.39 is 4.92 Å². The lowest BCUT2D eigenvalue weighted by Crippen LogP contribution is -2.06. The van der Waals surface area contributed by atoms with Crippen molar-refractivity contribution in [3.05, 3.63) is 46.1 Å². The molecule has 1 atom stereocenters. The molecule has 6 nitrogen and oxygen atoms in total. The first-order chi connectivity index (χ1) is 8.56. The molecule has 0 fully saturated rings. The van der Waals surface area contributed by atoms with Crippen molar-refractivity contribution in [2.45, 2.75) is 13.0 Å². The molecular weight excluding hydrogens is 252 g/mol. The fourth-order valence-corrected chi connectivity index (χ4v) is 2.19. The van der Waals surface area contributed by atoms with Crippen LogP contribution >= 0.6 is 11.3 Å². The van der Waals surface area contributed by atoms with E-state index in [1.54, 1.807) is 0 Å². The molecule has 0 aliphatic rings. The molecular formula is C11H12N4O2S. The minimum Gasteiger partial charge on any atom is -0.399 e. The Labute approximate surface area is 108 Å². The summed E-state index contributed by atoms with van der Waals surface area (Å²) >= 11 is 1.02. The highest BCUT2D eigenvalue weighted by molar-refractivity contribution is 7.18. The lowest BCUT2D eigenvalue weighted by molar-refractivity contribution is -0.380. The minimum atomic E-state index is -0.448. The van der Waals surface area contributed by atoms with E-state index in [4.69, 9.17) is 5.73 Å². The summed E-state index contributed by atoms with van der Waals surface area (Å²) in [6.07, 6.45) is 1.25. The third kappa shape index (κ3) is 2.75. The maximum absolute atomic E-state index is 10.5. The first-order valence-electron chi connectivity index (χ1n) is 5.28. The standard InChI is InChI=1S/C11H12N4O2S/c1-7(8-2-4-9(12)5-3-8)14-11-13-6-10(18-11)15(16)17/h2-7H,12H2,1H3,(H,13,14). The average Bonchev–Trinajstić information content (AvgIpc) is 2.78. The van der Waals surface area contributed by atoms with E-state index >= 15 is 0 Å². The number of aromatic nitrogens is 1. The van der Waals surface area contributed by atoms with Crippen LogP contribution in [0.5, 0.6) is 0 Å². The topological polar surface area (TPSA) is 94.1 Å². The van der Waals surface area contributed by atoms with Gasteiger partial charge in [0.15, 0.2) is 5.13 Å². The van der Waals surface area contributed by atoms with Gasteiger partial charge in [0.25, 0.3) is 0 Å². The monoisotopic (exact) mass is 264 g/mol. The van der Waals surface area contributed by atoms with Crippen LogP contribution in [0.25, 0.3) is 0 Å². The molecule has 0 amide bonds. The lowest BCUT2D eigenvalue weighted by atomic mass is 10.1. The van der Waals surface area contributed by atoms with Crippen LogP contribution in [0.4, 0.5) is 15.8 Å². The Balaban J connectivity index is 2.08. The van der Waals surface area contributed by atoms with Crippen molar-refractivity contribution < 1.29 is 4.92 Å². The fraction of sp³-hybridized carbons (Fsp3) is 0.182. The van der Waals surface area contributed by atoms with E-state index in [0.717, 1.165) is 16.9 Å². The first kappa shape index (κ1) is 12.3. The molecule has 94 valence electrons. The lowest BCUT2D eigenvalue weighted by Gasteiger charge is -2.12. The van der Waals surface area contributed by atoms with Crippen molar-refractivity contribution in [2.75, 3.05) is 11.1 Å². The van der Waals surface area contributed by atoms with E-state index in [9.17, 15) is 10.1 Å². The van der Waals surface area contributed by atoms with Gasteiger partial charge in [-0.15, -0.1) is 0 Å². The Morgan fingerprint density at radius 2 is 2.11 bits per heavy atom. The molecule has 2 aromatic rings. The first-order valence-corrected chi connectivity index (χ1v) is 6.10. The van der Waals surface area contributed by atoms with Crippen LogP contribution in [0.2, 0.25) is 0 Å². The number of rotatable bonds is 4. The molecule has 0 saturated heterocycles. The van der Waals surface area contributed by atoms with Gasteiger partial charge in [0, 0.05) is 5.69 Å². The van der Waals surface area contributed by atoms with Crippen LogP contribution in [0, 0.1) is 10.1 Å². The third-order valence-corrected chi connectivity index (χ3v) is 3.33. The summed E-state index contributed by atoms with van der Waals surface area (Å²) in [4.78, 5) is 14.1. The summed E-state index contributed by atoms with van der Waals surface area (Å²) in [5.74, 6) is 0. The van der Waals surface area contributed by atoms with Gasteiger partial charge in [0.2, 0.25) is 0 Å². The van der Waals surface area contributed by atoms with E-state index in [1.807, 2.05) is 31.2 Å². The Morgan fingerprint density at radius 1 is 1.44 bits per heavy atom. The zero-order chi connectivity index (χ0) is 13.1. The normalized spacial score (nSPS) is 12.1. The van der Waals surface area contributed by atoms with Gasteiger partial charge in [-0.1, -0.05) is 12.1 Å². The van der Waals surface area contributed by atoms with Gasteiger partial charge in [-0.25, -0.2) is 4.98 Å². The van der Waals surface area contributed by atoms with Crippen LogP contribution in [0.15, 0.2) is 30.5 Å². The van der Waals surface area contributed by atoms with Crippen molar-refractivity contribution in [1.82, 2.24) is 4.98 Å². The number of hydrogen-bond acceptors (Lipinski definition) is 6. The highest BCUT2D eigenvalue weighted by atomic mass is 32.1. The number of nitro groups is 1. The molecule has 1 aromatic heterocycles. The quantitative estimate of drug-likeness (QED) is 0.503. The molecule has 0 bridgehead atoms. The van der Waals surface area contributed by atoms with E-state index in [2.05, 4.69) is 10.3 Å². The second-order valence-electron chi connectivity index (χ2n) is 3.79. The van der Waals surface area contributed by atoms with E-state index in [-0.39, 0.29) is 11.0 Å². The summed E-state index contributed by atoms with van der Waals surface area (Å²) in [5, 5.41) is 14.2. The summed E-state index contributed by atoms with van der Waals surface area (Å²) in [5.41, 5.74) is 7.36. The van der Waals surface area contributed by atoms with Crippen molar-refractivity contribution in [3.63, 3.8) is 0 Å². The van der Waals surface area contributed by atoms with Crippen LogP contribution in [0.3, 0.4) is 0 Å². The van der Waals surface area contributed by atoms with Crippen molar-refractivity contribution in [3.8, 4) is 0 Å². The van der Waals surface area contributed by atoms with Crippen molar-refractivity contribution >= 4 is 27.2 Å². The summed E-state index contributed by atoms with van der Waals surface area (Å²) in [6.45, 7) is 1.96. The van der Waals surface area contributed by atoms with Gasteiger partial charge >= 0.3 is 5.00 Å². The molecule has 1 heterocycles. The molecule has 7 heteroatoms. The molecule has 2 rings (SSSR count). The van der Waals surface area contributed by atoms with Gasteiger partial charge in [-0.3, -0.25) is 10.1 Å². The number of anilines is 2. The Kier molecular flexibility index (Phi) is 3.42. The number of thiazole rings is 1.